The summed E-state index contributed by atoms with van der Waals surface area (Å²) in [5.41, 5.74) is 1.03. The van der Waals surface area contributed by atoms with Gasteiger partial charge in [0.2, 0.25) is 0 Å². The summed E-state index contributed by atoms with van der Waals surface area (Å²) < 4.78 is 5.21. The molecule has 1 rings (SSSR count). The van der Waals surface area contributed by atoms with Gasteiger partial charge in [0, 0.05) is 0 Å². The predicted octanol–water partition coefficient (Wildman–Crippen LogP) is 5.43. The molecule has 0 aliphatic heterocycles. The predicted molar refractivity (Wildman–Crippen MR) is 88.0 cm³/mol. The first-order valence-electron chi connectivity index (χ1n) is 8.17. The second-order valence-corrected chi connectivity index (χ2v) is 5.38. The minimum absolute atomic E-state index is 0.155. The van der Waals surface area contributed by atoms with E-state index in [1.54, 1.807) is 0 Å². The molecule has 116 valence electrons. The molecule has 1 aromatic carbocycles. The van der Waals surface area contributed by atoms with Crippen LogP contribution in [0.3, 0.4) is 0 Å². The minimum Gasteiger partial charge on any atom is -0.461 e. The molecule has 0 saturated heterocycles. The molecule has 0 amide bonds. The summed E-state index contributed by atoms with van der Waals surface area (Å²) in [6.07, 6.45) is 13.3. The van der Waals surface area contributed by atoms with Crippen LogP contribution < -0.4 is 0 Å². The molecule has 0 aliphatic rings. The molecular formula is C19H28O2. The highest BCUT2D eigenvalue weighted by atomic mass is 16.5. The lowest BCUT2D eigenvalue weighted by atomic mass is 10.1. The van der Waals surface area contributed by atoms with E-state index in [9.17, 15) is 4.79 Å². The van der Waals surface area contributed by atoms with Gasteiger partial charge in [-0.3, -0.25) is 4.79 Å². The molecule has 0 unspecified atom stereocenters. The lowest BCUT2D eigenvalue weighted by Gasteiger charge is -2.02. The molecule has 2 nitrogen and oxygen atoms in total. The summed E-state index contributed by atoms with van der Waals surface area (Å²) in [5.74, 6) is -0.155. The summed E-state index contributed by atoms with van der Waals surface area (Å²) in [4.78, 5) is 11.5. The lowest BCUT2D eigenvalue weighted by Crippen LogP contribution is -2.02. The zero-order valence-corrected chi connectivity index (χ0v) is 13.2. The smallest absolute Gasteiger partial charge is 0.309 e. The summed E-state index contributed by atoms with van der Waals surface area (Å²) in [6.45, 7) is 2.60. The molecule has 21 heavy (non-hydrogen) atoms. The fourth-order valence-electron chi connectivity index (χ4n) is 2.14. The molecule has 0 aliphatic carbocycles. The van der Waals surface area contributed by atoms with E-state index in [1.165, 1.54) is 38.5 Å². The summed E-state index contributed by atoms with van der Waals surface area (Å²) >= 11 is 0. The molecule has 0 N–H and O–H groups in total. The van der Waals surface area contributed by atoms with Crippen LogP contribution >= 0.6 is 0 Å². The van der Waals surface area contributed by atoms with Crippen molar-refractivity contribution in [1.82, 2.24) is 0 Å². The Labute approximate surface area is 129 Å². The standard InChI is InChI=1S/C19H28O2/c1-2-3-4-5-6-7-8-9-13-16-19(20)21-17-18-14-11-10-12-15-18/h9-15H,2-8,16-17H2,1H3/b13-9+. The molecule has 0 saturated carbocycles. The quantitative estimate of drug-likeness (QED) is 0.308. The highest BCUT2D eigenvalue weighted by Crippen LogP contribution is 2.07. The first-order valence-corrected chi connectivity index (χ1v) is 8.17. The summed E-state index contributed by atoms with van der Waals surface area (Å²) in [7, 11) is 0. The van der Waals surface area contributed by atoms with Gasteiger partial charge >= 0.3 is 5.97 Å². The van der Waals surface area contributed by atoms with E-state index in [0.717, 1.165) is 12.0 Å². The first-order chi connectivity index (χ1) is 10.3. The van der Waals surface area contributed by atoms with Gasteiger partial charge < -0.3 is 4.74 Å². The Hall–Kier alpha value is -1.57. The van der Waals surface area contributed by atoms with Gasteiger partial charge in [-0.2, -0.15) is 0 Å². The van der Waals surface area contributed by atoms with Crippen LogP contribution in [-0.4, -0.2) is 5.97 Å². The van der Waals surface area contributed by atoms with E-state index in [4.69, 9.17) is 4.74 Å². The third kappa shape index (κ3) is 9.89. The normalized spacial score (nSPS) is 10.9. The van der Waals surface area contributed by atoms with Crippen molar-refractivity contribution >= 4 is 5.97 Å². The number of hydrogen-bond donors (Lipinski definition) is 0. The van der Waals surface area contributed by atoms with Gasteiger partial charge in [-0.1, -0.05) is 81.5 Å². The number of esters is 1. The molecule has 0 atom stereocenters. The average molecular weight is 288 g/mol. The minimum atomic E-state index is -0.155. The maximum Gasteiger partial charge on any atom is 0.309 e. The molecule has 0 fully saturated rings. The number of carbonyl (C=O) groups is 1. The van der Waals surface area contributed by atoms with Crippen molar-refractivity contribution in [3.05, 3.63) is 48.0 Å². The zero-order chi connectivity index (χ0) is 15.2. The highest BCUT2D eigenvalue weighted by Gasteiger charge is 2.00. The number of hydrogen-bond acceptors (Lipinski definition) is 2. The third-order valence-electron chi connectivity index (χ3n) is 3.42. The Morgan fingerprint density at radius 3 is 2.48 bits per heavy atom. The van der Waals surface area contributed by atoms with Crippen LogP contribution in [0.4, 0.5) is 0 Å². The number of unbranched alkanes of at least 4 members (excludes halogenated alkanes) is 6. The molecule has 0 aromatic heterocycles. The monoisotopic (exact) mass is 288 g/mol. The van der Waals surface area contributed by atoms with Crippen LogP contribution in [-0.2, 0) is 16.1 Å². The lowest BCUT2D eigenvalue weighted by molar-refractivity contribution is -0.143. The largest absolute Gasteiger partial charge is 0.461 e. The van der Waals surface area contributed by atoms with Gasteiger partial charge in [0.15, 0.2) is 0 Å². The summed E-state index contributed by atoms with van der Waals surface area (Å²) in [5, 5.41) is 0. The molecule has 0 heterocycles. The van der Waals surface area contributed by atoms with Crippen LogP contribution in [0.25, 0.3) is 0 Å². The third-order valence-corrected chi connectivity index (χ3v) is 3.42. The fraction of sp³-hybridized carbons (Fsp3) is 0.526. The van der Waals surface area contributed by atoms with Crippen LogP contribution in [0.15, 0.2) is 42.5 Å². The summed E-state index contributed by atoms with van der Waals surface area (Å²) in [6, 6.07) is 9.77. The number of ether oxygens (including phenoxy) is 1. The maximum atomic E-state index is 11.5. The Morgan fingerprint density at radius 2 is 1.71 bits per heavy atom. The van der Waals surface area contributed by atoms with Crippen LogP contribution in [0.2, 0.25) is 0 Å². The van der Waals surface area contributed by atoms with Crippen LogP contribution in [0.5, 0.6) is 0 Å². The molecule has 0 bridgehead atoms. The van der Waals surface area contributed by atoms with Crippen LogP contribution in [0, 0.1) is 0 Å². The Balaban J connectivity index is 1.98. The molecule has 2 heteroatoms. The Bertz CT molecular complexity index is 395. The molecule has 1 aromatic rings. The number of carbonyl (C=O) groups excluding carboxylic acids is 1. The second kappa shape index (κ2) is 12.2. The van der Waals surface area contributed by atoms with Gasteiger partial charge in [-0.05, 0) is 18.4 Å². The average Bonchev–Trinajstić information content (AvgIpc) is 2.52. The fourth-order valence-corrected chi connectivity index (χ4v) is 2.14. The van der Waals surface area contributed by atoms with E-state index in [-0.39, 0.29) is 5.97 Å². The van der Waals surface area contributed by atoms with Gasteiger partial charge in [0.25, 0.3) is 0 Å². The van der Waals surface area contributed by atoms with Gasteiger partial charge in [-0.15, -0.1) is 0 Å². The van der Waals surface area contributed by atoms with Crippen molar-refractivity contribution in [2.45, 2.75) is 64.9 Å². The molecule has 0 spiro atoms. The van der Waals surface area contributed by atoms with E-state index in [0.29, 0.717) is 13.0 Å². The number of allylic oxidation sites excluding steroid dienone is 1. The van der Waals surface area contributed by atoms with Crippen molar-refractivity contribution in [3.8, 4) is 0 Å². The van der Waals surface area contributed by atoms with E-state index < -0.39 is 0 Å². The zero-order valence-electron chi connectivity index (χ0n) is 13.2. The second-order valence-electron chi connectivity index (χ2n) is 5.38. The SMILES string of the molecule is CCCCCCCC/C=C/CC(=O)OCc1ccccc1. The van der Waals surface area contributed by atoms with Gasteiger partial charge in [0.05, 0.1) is 6.42 Å². The van der Waals surface area contributed by atoms with Crippen LogP contribution in [0.1, 0.15) is 63.9 Å². The van der Waals surface area contributed by atoms with Gasteiger partial charge in [0.1, 0.15) is 6.61 Å². The van der Waals surface area contributed by atoms with Crippen molar-refractivity contribution in [2.24, 2.45) is 0 Å². The number of rotatable bonds is 11. The van der Waals surface area contributed by atoms with Crippen molar-refractivity contribution < 1.29 is 9.53 Å². The Morgan fingerprint density at radius 1 is 1.00 bits per heavy atom. The van der Waals surface area contributed by atoms with Gasteiger partial charge in [-0.25, -0.2) is 0 Å². The van der Waals surface area contributed by atoms with Crippen molar-refractivity contribution in [3.63, 3.8) is 0 Å². The molecule has 0 radical (unpaired) electrons. The first kappa shape index (κ1) is 17.5. The van der Waals surface area contributed by atoms with Crippen molar-refractivity contribution in [2.75, 3.05) is 0 Å². The molecular weight excluding hydrogens is 260 g/mol. The number of benzene rings is 1. The van der Waals surface area contributed by atoms with E-state index in [1.807, 2.05) is 36.4 Å². The topological polar surface area (TPSA) is 26.3 Å². The Kier molecular flexibility index (Phi) is 10.1. The maximum absolute atomic E-state index is 11.5. The van der Waals surface area contributed by atoms with Crippen molar-refractivity contribution in [1.29, 1.82) is 0 Å². The van der Waals surface area contributed by atoms with E-state index in [2.05, 4.69) is 13.0 Å². The highest BCUT2D eigenvalue weighted by molar-refractivity contribution is 5.71. The van der Waals surface area contributed by atoms with E-state index >= 15 is 0 Å².